The van der Waals surface area contributed by atoms with Crippen LogP contribution < -0.4 is 11.3 Å². The summed E-state index contributed by atoms with van der Waals surface area (Å²) in [7, 11) is 0. The van der Waals surface area contributed by atoms with Gasteiger partial charge in [0.15, 0.2) is 0 Å². The molecule has 0 saturated carbocycles. The molecule has 0 aromatic heterocycles. The Hall–Kier alpha value is -1.00. The first-order valence-corrected chi connectivity index (χ1v) is 5.72. The fourth-order valence-electron chi connectivity index (χ4n) is 1.90. The maximum Gasteiger partial charge on any atom is 0.129 e. The predicted octanol–water partition coefficient (Wildman–Crippen LogP) is 2.78. The van der Waals surface area contributed by atoms with Crippen LogP contribution >= 0.6 is 0 Å². The fraction of sp³-hybridized carbons (Fsp3) is 0.538. The third-order valence-corrected chi connectivity index (χ3v) is 2.61. The van der Waals surface area contributed by atoms with Crippen LogP contribution in [0.15, 0.2) is 18.2 Å². The summed E-state index contributed by atoms with van der Waals surface area (Å²) in [6.45, 7) is 6.19. The second-order valence-corrected chi connectivity index (χ2v) is 5.53. The largest absolute Gasteiger partial charge is 0.271 e. The van der Waals surface area contributed by atoms with Gasteiger partial charge in [-0.15, -0.1) is 0 Å². The molecule has 0 aliphatic heterocycles. The van der Waals surface area contributed by atoms with Gasteiger partial charge >= 0.3 is 0 Å². The molecule has 0 bridgehead atoms. The Bertz CT molecular complexity index is 352. The van der Waals surface area contributed by atoms with Crippen molar-refractivity contribution >= 4 is 0 Å². The predicted molar refractivity (Wildman–Crippen MR) is 65.2 cm³/mol. The van der Waals surface area contributed by atoms with Crippen molar-refractivity contribution in [1.82, 2.24) is 5.43 Å². The molecule has 0 saturated heterocycles. The lowest BCUT2D eigenvalue weighted by molar-refractivity contribution is 0.305. The van der Waals surface area contributed by atoms with Gasteiger partial charge in [-0.1, -0.05) is 26.8 Å². The van der Waals surface area contributed by atoms with E-state index in [9.17, 15) is 8.78 Å². The SMILES string of the molecule is CC(C)(C)CC(Cc1c(F)cccc1F)NN. The summed E-state index contributed by atoms with van der Waals surface area (Å²) in [5.41, 5.74) is 2.78. The van der Waals surface area contributed by atoms with Crippen LogP contribution in [-0.4, -0.2) is 6.04 Å². The number of hydrogen-bond donors (Lipinski definition) is 2. The molecule has 0 spiro atoms. The van der Waals surface area contributed by atoms with Crippen molar-refractivity contribution in [2.45, 2.75) is 39.7 Å². The molecule has 1 aromatic rings. The van der Waals surface area contributed by atoms with Crippen LogP contribution in [0, 0.1) is 17.0 Å². The maximum atomic E-state index is 13.5. The summed E-state index contributed by atoms with van der Waals surface area (Å²) >= 11 is 0. The number of nitrogens with two attached hydrogens (primary N) is 1. The number of benzene rings is 1. The monoisotopic (exact) mass is 242 g/mol. The molecular weight excluding hydrogens is 222 g/mol. The molecule has 1 atom stereocenters. The van der Waals surface area contributed by atoms with E-state index >= 15 is 0 Å². The van der Waals surface area contributed by atoms with Crippen molar-refractivity contribution in [3.8, 4) is 0 Å². The Morgan fingerprint density at radius 3 is 2.18 bits per heavy atom. The smallest absolute Gasteiger partial charge is 0.129 e. The molecule has 2 nitrogen and oxygen atoms in total. The number of nitrogens with one attached hydrogen (secondary N) is 1. The standard InChI is InChI=1S/C13H20F2N2/c1-13(2,3)8-9(17-16)7-10-11(14)5-4-6-12(10)15/h4-6,9,17H,7-8,16H2,1-3H3. The van der Waals surface area contributed by atoms with Gasteiger partial charge in [-0.3, -0.25) is 11.3 Å². The molecule has 17 heavy (non-hydrogen) atoms. The van der Waals surface area contributed by atoms with Gasteiger partial charge in [-0.2, -0.15) is 0 Å². The number of rotatable bonds is 4. The first-order valence-electron chi connectivity index (χ1n) is 5.72. The molecule has 1 rings (SSSR count). The minimum atomic E-state index is -0.515. The van der Waals surface area contributed by atoms with Gasteiger partial charge in [0.05, 0.1) is 0 Å². The fourth-order valence-corrected chi connectivity index (χ4v) is 1.90. The van der Waals surface area contributed by atoms with E-state index in [0.717, 1.165) is 6.42 Å². The normalized spacial score (nSPS) is 13.8. The lowest BCUT2D eigenvalue weighted by Gasteiger charge is -2.25. The third-order valence-electron chi connectivity index (χ3n) is 2.61. The van der Waals surface area contributed by atoms with Gasteiger partial charge in [0.25, 0.3) is 0 Å². The topological polar surface area (TPSA) is 38.0 Å². The second-order valence-electron chi connectivity index (χ2n) is 5.53. The molecule has 0 radical (unpaired) electrons. The third kappa shape index (κ3) is 4.40. The molecule has 96 valence electrons. The van der Waals surface area contributed by atoms with E-state index in [2.05, 4.69) is 26.2 Å². The first-order chi connectivity index (χ1) is 7.83. The van der Waals surface area contributed by atoms with Gasteiger partial charge in [0, 0.05) is 11.6 Å². The Kier molecular flexibility index (Phi) is 4.60. The number of halogens is 2. The average molecular weight is 242 g/mol. The zero-order valence-corrected chi connectivity index (χ0v) is 10.6. The highest BCUT2D eigenvalue weighted by atomic mass is 19.1. The summed E-state index contributed by atoms with van der Waals surface area (Å²) in [5.74, 6) is 4.40. The summed E-state index contributed by atoms with van der Waals surface area (Å²) in [5, 5.41) is 0. The molecule has 0 heterocycles. The van der Waals surface area contributed by atoms with Gasteiger partial charge in [-0.05, 0) is 30.4 Å². The Labute approximate surface area is 101 Å². The molecule has 4 heteroatoms. The van der Waals surface area contributed by atoms with Gasteiger partial charge in [0.1, 0.15) is 11.6 Å². The summed E-state index contributed by atoms with van der Waals surface area (Å²) in [6, 6.07) is 3.76. The van der Waals surface area contributed by atoms with Crippen molar-refractivity contribution < 1.29 is 8.78 Å². The van der Waals surface area contributed by atoms with E-state index in [1.807, 2.05) is 0 Å². The van der Waals surface area contributed by atoms with Crippen LogP contribution in [0.1, 0.15) is 32.8 Å². The van der Waals surface area contributed by atoms with Crippen LogP contribution in [0.2, 0.25) is 0 Å². The minimum absolute atomic E-state index is 0.0543. The Morgan fingerprint density at radius 2 is 1.76 bits per heavy atom. The highest BCUT2D eigenvalue weighted by Gasteiger charge is 2.20. The van der Waals surface area contributed by atoms with Gasteiger partial charge in [0.2, 0.25) is 0 Å². The van der Waals surface area contributed by atoms with Gasteiger partial charge in [-0.25, -0.2) is 8.78 Å². The Balaban J connectivity index is 2.81. The van der Waals surface area contributed by atoms with Crippen LogP contribution in [-0.2, 0) is 6.42 Å². The van der Waals surface area contributed by atoms with Crippen molar-refractivity contribution in [3.05, 3.63) is 35.4 Å². The zero-order valence-electron chi connectivity index (χ0n) is 10.6. The molecule has 1 aromatic carbocycles. The van der Waals surface area contributed by atoms with E-state index in [0.29, 0.717) is 0 Å². The molecule has 0 aliphatic carbocycles. The van der Waals surface area contributed by atoms with Crippen molar-refractivity contribution in [3.63, 3.8) is 0 Å². The van der Waals surface area contributed by atoms with E-state index in [1.165, 1.54) is 18.2 Å². The summed E-state index contributed by atoms with van der Waals surface area (Å²) < 4.78 is 26.9. The lowest BCUT2D eigenvalue weighted by atomic mass is 9.86. The summed E-state index contributed by atoms with van der Waals surface area (Å²) in [6.07, 6.45) is 1.00. The summed E-state index contributed by atoms with van der Waals surface area (Å²) in [4.78, 5) is 0. The average Bonchev–Trinajstić information content (AvgIpc) is 2.20. The maximum absolute atomic E-state index is 13.5. The van der Waals surface area contributed by atoms with Crippen LogP contribution in [0.4, 0.5) is 8.78 Å². The van der Waals surface area contributed by atoms with E-state index in [-0.39, 0.29) is 23.4 Å². The minimum Gasteiger partial charge on any atom is -0.271 e. The Morgan fingerprint density at radius 1 is 1.24 bits per heavy atom. The highest BCUT2D eigenvalue weighted by molar-refractivity contribution is 5.20. The molecule has 3 N–H and O–H groups in total. The second kappa shape index (κ2) is 5.56. The zero-order chi connectivity index (χ0) is 13.1. The molecule has 0 amide bonds. The first kappa shape index (κ1) is 14.1. The number of hydrazine groups is 1. The van der Waals surface area contributed by atoms with Gasteiger partial charge < -0.3 is 0 Å². The van der Waals surface area contributed by atoms with Crippen LogP contribution in [0.3, 0.4) is 0 Å². The molecule has 0 aliphatic rings. The van der Waals surface area contributed by atoms with E-state index in [4.69, 9.17) is 5.84 Å². The van der Waals surface area contributed by atoms with Crippen LogP contribution in [0.5, 0.6) is 0 Å². The number of hydrogen-bond acceptors (Lipinski definition) is 2. The van der Waals surface area contributed by atoms with Crippen molar-refractivity contribution in [2.75, 3.05) is 0 Å². The van der Waals surface area contributed by atoms with Crippen molar-refractivity contribution in [1.29, 1.82) is 0 Å². The van der Waals surface area contributed by atoms with Crippen LogP contribution in [0.25, 0.3) is 0 Å². The highest BCUT2D eigenvalue weighted by Crippen LogP contribution is 2.23. The molecule has 0 fully saturated rings. The van der Waals surface area contributed by atoms with E-state index < -0.39 is 11.6 Å². The lowest BCUT2D eigenvalue weighted by Crippen LogP contribution is -2.39. The molecule has 1 unspecified atom stereocenters. The molecular formula is C13H20F2N2. The van der Waals surface area contributed by atoms with Crippen molar-refractivity contribution in [2.24, 2.45) is 11.3 Å². The van der Waals surface area contributed by atoms with E-state index in [1.54, 1.807) is 0 Å². The quantitative estimate of drug-likeness (QED) is 0.629.